The third kappa shape index (κ3) is 3.72. The highest BCUT2D eigenvalue weighted by Gasteiger charge is 2.27. The number of rotatable bonds is 3. The number of carbonyl (C=O) groups excluding carboxylic acids is 1. The zero-order valence-electron chi connectivity index (χ0n) is 13.7. The number of anilines is 2. The molecule has 8 heteroatoms. The molecule has 1 aliphatic heterocycles. The first-order chi connectivity index (χ1) is 11.8. The van der Waals surface area contributed by atoms with Crippen LogP contribution in [0.3, 0.4) is 0 Å². The van der Waals surface area contributed by atoms with Crippen LogP contribution in [0.25, 0.3) is 0 Å². The number of fused-ring (bicyclic) bond motifs is 1. The Hall–Kier alpha value is -2.25. The maximum absolute atomic E-state index is 12.6. The molecule has 1 amide bonds. The van der Waals surface area contributed by atoms with Crippen molar-refractivity contribution >= 4 is 38.9 Å². The second-order valence-electron chi connectivity index (χ2n) is 5.80. The van der Waals surface area contributed by atoms with Gasteiger partial charge in [0.15, 0.2) is 0 Å². The van der Waals surface area contributed by atoms with Gasteiger partial charge in [-0.15, -0.1) is 0 Å². The van der Waals surface area contributed by atoms with Gasteiger partial charge in [-0.3, -0.25) is 9.52 Å². The van der Waals surface area contributed by atoms with Gasteiger partial charge >= 0.3 is 0 Å². The lowest BCUT2D eigenvalue weighted by Crippen LogP contribution is -2.41. The van der Waals surface area contributed by atoms with Crippen molar-refractivity contribution in [1.29, 1.82) is 0 Å². The molecular weight excluding hydrogens is 364 g/mol. The van der Waals surface area contributed by atoms with Crippen LogP contribution in [0, 0.1) is 0 Å². The summed E-state index contributed by atoms with van der Waals surface area (Å²) < 4.78 is 33.4. The van der Waals surface area contributed by atoms with Crippen LogP contribution in [0.4, 0.5) is 11.4 Å². The van der Waals surface area contributed by atoms with Gasteiger partial charge in [0.2, 0.25) is 5.91 Å². The zero-order chi connectivity index (χ0) is 18.2. The second-order valence-corrected chi connectivity index (χ2v) is 7.92. The fourth-order valence-corrected chi connectivity index (χ4v) is 3.82. The van der Waals surface area contributed by atoms with Crippen LogP contribution in [-0.2, 0) is 14.8 Å². The molecule has 0 aliphatic carbocycles. The van der Waals surface area contributed by atoms with Crippen molar-refractivity contribution in [3.8, 4) is 5.75 Å². The highest BCUT2D eigenvalue weighted by atomic mass is 35.5. The monoisotopic (exact) mass is 380 g/mol. The van der Waals surface area contributed by atoms with Crippen LogP contribution in [0.2, 0.25) is 5.02 Å². The fraction of sp³-hybridized carbons (Fsp3) is 0.235. The molecule has 0 radical (unpaired) electrons. The van der Waals surface area contributed by atoms with Crippen molar-refractivity contribution in [2.24, 2.45) is 0 Å². The van der Waals surface area contributed by atoms with Gasteiger partial charge in [-0.2, -0.15) is 0 Å². The molecule has 1 unspecified atom stereocenters. The number of carbonyl (C=O) groups is 1. The smallest absolute Gasteiger partial charge is 0.261 e. The predicted octanol–water partition coefficient (Wildman–Crippen LogP) is 3.27. The number of hydrogen-bond acceptors (Lipinski definition) is 4. The largest absolute Gasteiger partial charge is 0.487 e. The van der Waals surface area contributed by atoms with E-state index in [1.54, 1.807) is 30.3 Å². The molecule has 1 N–H and O–H groups in total. The van der Waals surface area contributed by atoms with Gasteiger partial charge in [-0.25, -0.2) is 8.42 Å². The van der Waals surface area contributed by atoms with E-state index in [2.05, 4.69) is 4.72 Å². The molecule has 1 atom stereocenters. The number of ether oxygens (including phenoxy) is 1. The molecule has 25 heavy (non-hydrogen) atoms. The normalized spacial score (nSPS) is 16.8. The van der Waals surface area contributed by atoms with Gasteiger partial charge in [0.05, 0.1) is 17.1 Å². The molecule has 1 aliphatic rings. The summed E-state index contributed by atoms with van der Waals surface area (Å²) in [5.74, 6) is 0.316. The summed E-state index contributed by atoms with van der Waals surface area (Å²) in [6, 6.07) is 10.8. The van der Waals surface area contributed by atoms with Crippen molar-refractivity contribution in [3.63, 3.8) is 0 Å². The molecule has 0 fully saturated rings. The van der Waals surface area contributed by atoms with E-state index >= 15 is 0 Å². The Bertz CT molecular complexity index is 913. The first-order valence-electron chi connectivity index (χ1n) is 7.63. The number of halogens is 1. The van der Waals surface area contributed by atoms with Crippen LogP contribution >= 0.6 is 11.6 Å². The number of sulfonamides is 1. The van der Waals surface area contributed by atoms with Gasteiger partial charge in [0, 0.05) is 17.6 Å². The third-order valence-corrected chi connectivity index (χ3v) is 5.41. The summed E-state index contributed by atoms with van der Waals surface area (Å²) in [6.45, 7) is 3.66. The highest BCUT2D eigenvalue weighted by molar-refractivity contribution is 7.92. The van der Waals surface area contributed by atoms with E-state index in [0.29, 0.717) is 28.7 Å². The van der Waals surface area contributed by atoms with Crippen molar-refractivity contribution in [3.05, 3.63) is 47.5 Å². The Balaban J connectivity index is 1.96. The maximum atomic E-state index is 12.6. The molecule has 2 aromatic carbocycles. The minimum absolute atomic E-state index is 0.0469. The molecular formula is C17H17ClN2O4S. The van der Waals surface area contributed by atoms with Crippen molar-refractivity contribution in [1.82, 2.24) is 0 Å². The summed E-state index contributed by atoms with van der Waals surface area (Å²) in [7, 11) is -3.81. The van der Waals surface area contributed by atoms with Crippen LogP contribution in [0.5, 0.6) is 5.75 Å². The summed E-state index contributed by atoms with van der Waals surface area (Å²) in [6.07, 6.45) is -0.161. The van der Waals surface area contributed by atoms with Crippen molar-refractivity contribution in [2.75, 3.05) is 16.2 Å². The lowest BCUT2D eigenvalue weighted by atomic mass is 10.2. The Morgan fingerprint density at radius 2 is 1.92 bits per heavy atom. The minimum atomic E-state index is -3.81. The Labute approximate surface area is 151 Å². The zero-order valence-corrected chi connectivity index (χ0v) is 15.3. The topological polar surface area (TPSA) is 75.7 Å². The van der Waals surface area contributed by atoms with Gasteiger partial charge < -0.3 is 9.64 Å². The van der Waals surface area contributed by atoms with E-state index in [0.717, 1.165) is 0 Å². The van der Waals surface area contributed by atoms with Gasteiger partial charge in [0.25, 0.3) is 10.0 Å². The quantitative estimate of drug-likeness (QED) is 0.886. The molecule has 0 saturated carbocycles. The average Bonchev–Trinajstić information content (AvgIpc) is 2.55. The lowest BCUT2D eigenvalue weighted by Gasteiger charge is -2.33. The molecule has 0 aromatic heterocycles. The first kappa shape index (κ1) is 17.6. The molecule has 0 saturated heterocycles. The fourth-order valence-electron chi connectivity index (χ4n) is 2.61. The number of hydrogen-bond donors (Lipinski definition) is 1. The minimum Gasteiger partial charge on any atom is -0.487 e. The predicted molar refractivity (Wildman–Crippen MR) is 96.8 cm³/mol. The third-order valence-electron chi connectivity index (χ3n) is 3.78. The van der Waals surface area contributed by atoms with E-state index in [9.17, 15) is 13.2 Å². The Morgan fingerprint density at radius 3 is 2.56 bits per heavy atom. The molecule has 2 aromatic rings. The summed E-state index contributed by atoms with van der Waals surface area (Å²) in [5, 5.41) is 0.514. The Morgan fingerprint density at radius 1 is 1.24 bits per heavy atom. The van der Waals surface area contributed by atoms with E-state index < -0.39 is 10.0 Å². The number of amides is 1. The SMILES string of the molecule is CC(=O)N1CC(C)Oc2ccc(S(=O)(=O)Nc3ccc(Cl)cc3)cc21. The number of benzene rings is 2. The van der Waals surface area contributed by atoms with Crippen molar-refractivity contribution < 1.29 is 17.9 Å². The van der Waals surface area contributed by atoms with E-state index in [1.807, 2.05) is 6.92 Å². The van der Waals surface area contributed by atoms with Crippen LogP contribution in [0.15, 0.2) is 47.4 Å². The van der Waals surface area contributed by atoms with Crippen LogP contribution in [-0.4, -0.2) is 27.0 Å². The second kappa shape index (κ2) is 6.57. The van der Waals surface area contributed by atoms with E-state index in [4.69, 9.17) is 16.3 Å². The summed E-state index contributed by atoms with van der Waals surface area (Å²) in [5.41, 5.74) is 0.847. The van der Waals surface area contributed by atoms with Gasteiger partial charge in [-0.1, -0.05) is 11.6 Å². The number of nitrogens with one attached hydrogen (secondary N) is 1. The van der Waals surface area contributed by atoms with Crippen LogP contribution in [0.1, 0.15) is 13.8 Å². The maximum Gasteiger partial charge on any atom is 0.261 e. The highest BCUT2D eigenvalue weighted by Crippen LogP contribution is 2.35. The van der Waals surface area contributed by atoms with E-state index in [-0.39, 0.29) is 16.9 Å². The number of nitrogens with zero attached hydrogens (tertiary/aromatic N) is 1. The molecule has 132 valence electrons. The summed E-state index contributed by atoms with van der Waals surface area (Å²) >= 11 is 5.81. The molecule has 0 bridgehead atoms. The van der Waals surface area contributed by atoms with Crippen molar-refractivity contribution in [2.45, 2.75) is 24.8 Å². The average molecular weight is 381 g/mol. The van der Waals surface area contributed by atoms with Crippen LogP contribution < -0.4 is 14.4 Å². The van der Waals surface area contributed by atoms with Gasteiger partial charge in [0.1, 0.15) is 11.9 Å². The summed E-state index contributed by atoms with van der Waals surface area (Å²) in [4.78, 5) is 13.4. The molecule has 0 spiro atoms. The van der Waals surface area contributed by atoms with E-state index in [1.165, 1.54) is 24.0 Å². The molecule has 3 rings (SSSR count). The Kier molecular flexibility index (Phi) is 4.62. The lowest BCUT2D eigenvalue weighted by molar-refractivity contribution is -0.117. The standard InChI is InChI=1S/C17H17ClN2O4S/c1-11-10-20(12(2)21)16-9-15(7-8-17(16)24-11)25(22,23)19-14-5-3-13(18)4-6-14/h3-9,11,19H,10H2,1-2H3. The molecule has 6 nitrogen and oxygen atoms in total. The first-order valence-corrected chi connectivity index (χ1v) is 9.49. The molecule has 1 heterocycles. The van der Waals surface area contributed by atoms with Gasteiger partial charge in [-0.05, 0) is 49.4 Å².